The van der Waals surface area contributed by atoms with Crippen LogP contribution in [-0.2, 0) is 0 Å². The molecular formula is C15H22N2O3. The predicted molar refractivity (Wildman–Crippen MR) is 78.0 cm³/mol. The fraction of sp³-hybridized carbons (Fsp3) is 0.600. The van der Waals surface area contributed by atoms with Crippen molar-refractivity contribution in [1.82, 2.24) is 5.32 Å². The number of hydrogen-bond donors (Lipinski definition) is 1. The second kappa shape index (κ2) is 7.24. The van der Waals surface area contributed by atoms with Crippen LogP contribution in [0.4, 0.5) is 5.69 Å². The van der Waals surface area contributed by atoms with Gasteiger partial charge >= 0.3 is 0 Å². The topological polar surface area (TPSA) is 64.4 Å². The van der Waals surface area contributed by atoms with E-state index in [9.17, 15) is 10.1 Å². The second-order valence-electron chi connectivity index (χ2n) is 5.52. The number of rotatable bonds is 6. The summed E-state index contributed by atoms with van der Waals surface area (Å²) in [7, 11) is 0. The Kier molecular flexibility index (Phi) is 5.35. The van der Waals surface area contributed by atoms with Crippen molar-refractivity contribution in [3.63, 3.8) is 0 Å². The van der Waals surface area contributed by atoms with Crippen LogP contribution in [0.2, 0.25) is 0 Å². The standard InChI is InChI=1S/C15H22N2O3/c1-12-3-2-4-13(11-12)16-9-10-20-15-7-5-14(6-8-15)17(18)19/h5-8,12-13,16H,2-4,9-11H2,1H3. The van der Waals surface area contributed by atoms with Gasteiger partial charge in [-0.1, -0.05) is 19.8 Å². The van der Waals surface area contributed by atoms with Crippen LogP contribution in [0, 0.1) is 16.0 Å². The Balaban J connectivity index is 1.66. The molecule has 2 rings (SSSR count). The minimum Gasteiger partial charge on any atom is -0.492 e. The third kappa shape index (κ3) is 4.49. The third-order valence-electron chi connectivity index (χ3n) is 3.79. The molecule has 1 N–H and O–H groups in total. The first kappa shape index (κ1) is 14.8. The number of benzene rings is 1. The van der Waals surface area contributed by atoms with Crippen LogP contribution in [0.15, 0.2) is 24.3 Å². The molecule has 1 aromatic rings. The predicted octanol–water partition coefficient (Wildman–Crippen LogP) is 3.14. The van der Waals surface area contributed by atoms with Gasteiger partial charge in [-0.15, -0.1) is 0 Å². The van der Waals surface area contributed by atoms with Crippen molar-refractivity contribution >= 4 is 5.69 Å². The Morgan fingerprint density at radius 3 is 2.75 bits per heavy atom. The molecule has 0 aromatic heterocycles. The van der Waals surface area contributed by atoms with Crippen LogP contribution in [-0.4, -0.2) is 24.1 Å². The van der Waals surface area contributed by atoms with E-state index in [1.807, 2.05) is 0 Å². The zero-order chi connectivity index (χ0) is 14.4. The molecule has 5 heteroatoms. The monoisotopic (exact) mass is 278 g/mol. The number of nitro groups is 1. The molecule has 1 aliphatic carbocycles. The van der Waals surface area contributed by atoms with E-state index in [0.29, 0.717) is 18.4 Å². The molecule has 1 saturated carbocycles. The van der Waals surface area contributed by atoms with Gasteiger partial charge in [-0.3, -0.25) is 10.1 Å². The van der Waals surface area contributed by atoms with Crippen molar-refractivity contribution < 1.29 is 9.66 Å². The van der Waals surface area contributed by atoms with Gasteiger partial charge in [0.1, 0.15) is 12.4 Å². The van der Waals surface area contributed by atoms with E-state index in [-0.39, 0.29) is 5.69 Å². The Hall–Kier alpha value is -1.62. The van der Waals surface area contributed by atoms with Crippen molar-refractivity contribution in [2.45, 2.75) is 38.6 Å². The average molecular weight is 278 g/mol. The fourth-order valence-corrected chi connectivity index (χ4v) is 2.72. The number of nitro benzene ring substituents is 1. The summed E-state index contributed by atoms with van der Waals surface area (Å²) in [6, 6.07) is 6.82. The Morgan fingerprint density at radius 1 is 1.35 bits per heavy atom. The molecule has 0 bridgehead atoms. The van der Waals surface area contributed by atoms with Gasteiger partial charge in [0.25, 0.3) is 5.69 Å². The number of ether oxygens (including phenoxy) is 1. The highest BCUT2D eigenvalue weighted by Crippen LogP contribution is 2.23. The van der Waals surface area contributed by atoms with Crippen molar-refractivity contribution in [2.24, 2.45) is 5.92 Å². The molecule has 0 radical (unpaired) electrons. The minimum atomic E-state index is -0.407. The van der Waals surface area contributed by atoms with Gasteiger partial charge in [0.05, 0.1) is 4.92 Å². The third-order valence-corrected chi connectivity index (χ3v) is 3.79. The molecule has 5 nitrogen and oxygen atoms in total. The lowest BCUT2D eigenvalue weighted by atomic mass is 9.87. The molecule has 0 aliphatic heterocycles. The van der Waals surface area contributed by atoms with Gasteiger partial charge in [0, 0.05) is 24.7 Å². The van der Waals surface area contributed by atoms with Crippen molar-refractivity contribution in [2.75, 3.05) is 13.2 Å². The molecule has 2 atom stereocenters. The lowest BCUT2D eigenvalue weighted by molar-refractivity contribution is -0.384. The van der Waals surface area contributed by atoms with Gasteiger partial charge in [0.15, 0.2) is 0 Å². The largest absolute Gasteiger partial charge is 0.492 e. The number of hydrogen-bond acceptors (Lipinski definition) is 4. The summed E-state index contributed by atoms with van der Waals surface area (Å²) in [4.78, 5) is 10.1. The van der Waals surface area contributed by atoms with E-state index < -0.39 is 4.92 Å². The zero-order valence-electron chi connectivity index (χ0n) is 11.9. The van der Waals surface area contributed by atoms with Gasteiger partial charge in [-0.25, -0.2) is 0 Å². The quantitative estimate of drug-likeness (QED) is 0.493. The molecule has 1 aliphatic rings. The summed E-state index contributed by atoms with van der Waals surface area (Å²) in [6.07, 6.45) is 5.15. The summed E-state index contributed by atoms with van der Waals surface area (Å²) < 4.78 is 5.57. The van der Waals surface area contributed by atoms with Crippen molar-refractivity contribution in [1.29, 1.82) is 0 Å². The van der Waals surface area contributed by atoms with Crippen LogP contribution < -0.4 is 10.1 Å². The van der Waals surface area contributed by atoms with Crippen LogP contribution in [0.5, 0.6) is 5.75 Å². The fourth-order valence-electron chi connectivity index (χ4n) is 2.72. The Morgan fingerprint density at radius 2 is 2.10 bits per heavy atom. The summed E-state index contributed by atoms with van der Waals surface area (Å²) in [5.74, 6) is 1.49. The van der Waals surface area contributed by atoms with Gasteiger partial charge < -0.3 is 10.1 Å². The van der Waals surface area contributed by atoms with Crippen LogP contribution in [0.1, 0.15) is 32.6 Å². The van der Waals surface area contributed by atoms with Crippen LogP contribution >= 0.6 is 0 Å². The maximum absolute atomic E-state index is 10.5. The Labute approximate surface area is 119 Å². The smallest absolute Gasteiger partial charge is 0.269 e. The second-order valence-corrected chi connectivity index (χ2v) is 5.52. The molecule has 0 amide bonds. The molecule has 0 spiro atoms. The first-order valence-corrected chi connectivity index (χ1v) is 7.26. The van der Waals surface area contributed by atoms with E-state index in [1.165, 1.54) is 37.8 Å². The van der Waals surface area contributed by atoms with E-state index in [2.05, 4.69) is 12.2 Å². The van der Waals surface area contributed by atoms with Crippen molar-refractivity contribution in [3.05, 3.63) is 34.4 Å². The molecule has 1 aromatic carbocycles. The summed E-state index contributed by atoms with van der Waals surface area (Å²) in [5.41, 5.74) is 0.0895. The number of non-ortho nitro benzene ring substituents is 1. The highest BCUT2D eigenvalue weighted by molar-refractivity contribution is 5.35. The highest BCUT2D eigenvalue weighted by Gasteiger charge is 2.17. The lowest BCUT2D eigenvalue weighted by Gasteiger charge is -2.27. The van der Waals surface area contributed by atoms with E-state index in [1.54, 1.807) is 12.1 Å². The maximum Gasteiger partial charge on any atom is 0.269 e. The van der Waals surface area contributed by atoms with E-state index >= 15 is 0 Å². The molecule has 0 saturated heterocycles. The van der Waals surface area contributed by atoms with Gasteiger partial charge in [-0.2, -0.15) is 0 Å². The molecule has 20 heavy (non-hydrogen) atoms. The van der Waals surface area contributed by atoms with Gasteiger partial charge in [-0.05, 0) is 30.9 Å². The molecular weight excluding hydrogens is 256 g/mol. The van der Waals surface area contributed by atoms with Gasteiger partial charge in [0.2, 0.25) is 0 Å². The van der Waals surface area contributed by atoms with E-state index in [0.717, 1.165) is 12.5 Å². The minimum absolute atomic E-state index is 0.0895. The number of nitrogens with one attached hydrogen (secondary N) is 1. The first-order valence-electron chi connectivity index (χ1n) is 7.26. The lowest BCUT2D eigenvalue weighted by Crippen LogP contribution is -2.36. The summed E-state index contributed by atoms with van der Waals surface area (Å²) >= 11 is 0. The first-order chi connectivity index (χ1) is 9.65. The molecule has 110 valence electrons. The SMILES string of the molecule is CC1CCCC(NCCOc2ccc([N+](=O)[O-])cc2)C1. The number of nitrogens with zero attached hydrogens (tertiary/aromatic N) is 1. The van der Waals surface area contributed by atoms with E-state index in [4.69, 9.17) is 4.74 Å². The highest BCUT2D eigenvalue weighted by atomic mass is 16.6. The normalized spacial score (nSPS) is 22.4. The summed E-state index contributed by atoms with van der Waals surface area (Å²) in [6.45, 7) is 3.71. The molecule has 1 fully saturated rings. The Bertz CT molecular complexity index is 433. The van der Waals surface area contributed by atoms with Crippen LogP contribution in [0.25, 0.3) is 0 Å². The van der Waals surface area contributed by atoms with Crippen LogP contribution in [0.3, 0.4) is 0 Å². The molecule has 0 heterocycles. The zero-order valence-corrected chi connectivity index (χ0v) is 11.9. The average Bonchev–Trinajstić information content (AvgIpc) is 2.44. The van der Waals surface area contributed by atoms with Crippen molar-refractivity contribution in [3.8, 4) is 5.75 Å². The summed E-state index contributed by atoms with van der Waals surface area (Å²) in [5, 5.41) is 14.0. The molecule has 2 unspecified atom stereocenters. The maximum atomic E-state index is 10.5.